The molecule has 0 spiro atoms. The van der Waals surface area contributed by atoms with Crippen molar-refractivity contribution in [2.75, 3.05) is 13.7 Å². The lowest BCUT2D eigenvalue weighted by atomic mass is 10.00. The number of alkyl halides is 1. The predicted molar refractivity (Wildman–Crippen MR) is 73.8 cm³/mol. The molecule has 0 aliphatic rings. The van der Waals surface area contributed by atoms with Gasteiger partial charge in [-0.05, 0) is 29.2 Å². The highest BCUT2D eigenvalue weighted by Crippen LogP contribution is 2.21. The first-order chi connectivity index (χ1) is 8.31. The number of hydrogen-bond acceptors (Lipinski definition) is 1. The van der Waals surface area contributed by atoms with E-state index in [9.17, 15) is 0 Å². The number of benzene rings is 2. The van der Waals surface area contributed by atoms with E-state index in [0.29, 0.717) is 0 Å². The molecule has 0 N–H and O–H groups in total. The number of hydrogen-bond donors (Lipinski definition) is 0. The Morgan fingerprint density at radius 2 is 1.88 bits per heavy atom. The lowest BCUT2D eigenvalue weighted by molar-refractivity contribution is 0.194. The summed E-state index contributed by atoms with van der Waals surface area (Å²) in [5.41, 5.74) is 1.32. The van der Waals surface area contributed by atoms with Crippen LogP contribution in [0.3, 0.4) is 0 Å². The van der Waals surface area contributed by atoms with Gasteiger partial charge in [-0.25, -0.2) is 0 Å². The van der Waals surface area contributed by atoms with Crippen molar-refractivity contribution >= 4 is 22.4 Å². The summed E-state index contributed by atoms with van der Waals surface area (Å²) in [6.45, 7) is 0.721. The lowest BCUT2D eigenvalue weighted by Crippen LogP contribution is -2.07. The Morgan fingerprint density at radius 1 is 1.12 bits per heavy atom. The van der Waals surface area contributed by atoms with Crippen LogP contribution in [0.25, 0.3) is 10.8 Å². The van der Waals surface area contributed by atoms with E-state index in [0.717, 1.165) is 19.4 Å². The molecule has 1 nitrogen and oxygen atoms in total. The van der Waals surface area contributed by atoms with Crippen LogP contribution in [0.5, 0.6) is 0 Å². The summed E-state index contributed by atoms with van der Waals surface area (Å²) in [4.78, 5) is 0. The molecule has 2 aromatic carbocycles. The monoisotopic (exact) mass is 248 g/mol. The minimum absolute atomic E-state index is 0.140. The first-order valence-electron chi connectivity index (χ1n) is 5.91. The van der Waals surface area contributed by atoms with Crippen LogP contribution in [0.15, 0.2) is 42.5 Å². The summed E-state index contributed by atoms with van der Waals surface area (Å²) < 4.78 is 5.05. The maximum atomic E-state index is 6.31. The smallest absolute Gasteiger partial charge is 0.0476 e. The second kappa shape index (κ2) is 6.04. The van der Waals surface area contributed by atoms with Crippen molar-refractivity contribution in [2.24, 2.45) is 0 Å². The van der Waals surface area contributed by atoms with Gasteiger partial charge in [0.2, 0.25) is 0 Å². The molecule has 2 rings (SSSR count). The van der Waals surface area contributed by atoms with Crippen LogP contribution in [-0.4, -0.2) is 19.1 Å². The second-order valence-electron chi connectivity index (χ2n) is 4.22. The molecule has 0 aliphatic carbocycles. The van der Waals surface area contributed by atoms with Crippen LogP contribution < -0.4 is 0 Å². The van der Waals surface area contributed by atoms with Crippen LogP contribution in [0.2, 0.25) is 0 Å². The molecular formula is C15H17ClO. The van der Waals surface area contributed by atoms with Crippen molar-refractivity contribution in [3.8, 4) is 0 Å². The first-order valence-corrected chi connectivity index (χ1v) is 6.34. The Balaban J connectivity index is 2.18. The maximum Gasteiger partial charge on any atom is 0.0476 e. The van der Waals surface area contributed by atoms with E-state index in [1.165, 1.54) is 16.3 Å². The molecule has 2 heteroatoms. The van der Waals surface area contributed by atoms with Crippen LogP contribution in [0, 0.1) is 0 Å². The van der Waals surface area contributed by atoms with Gasteiger partial charge in [-0.2, -0.15) is 0 Å². The highest BCUT2D eigenvalue weighted by Gasteiger charge is 2.08. The third-order valence-corrected chi connectivity index (χ3v) is 3.33. The second-order valence-corrected chi connectivity index (χ2v) is 4.84. The third kappa shape index (κ3) is 3.21. The summed E-state index contributed by atoms with van der Waals surface area (Å²) in [6.07, 6.45) is 1.79. The highest BCUT2D eigenvalue weighted by atomic mass is 35.5. The van der Waals surface area contributed by atoms with Crippen molar-refractivity contribution in [3.05, 3.63) is 48.0 Å². The largest absolute Gasteiger partial charge is 0.385 e. The van der Waals surface area contributed by atoms with E-state index in [-0.39, 0.29) is 5.38 Å². The van der Waals surface area contributed by atoms with Crippen molar-refractivity contribution in [2.45, 2.75) is 18.2 Å². The Bertz CT molecular complexity index is 476. The fourth-order valence-corrected chi connectivity index (χ4v) is 2.31. The van der Waals surface area contributed by atoms with E-state index >= 15 is 0 Å². The molecule has 0 saturated carbocycles. The van der Waals surface area contributed by atoms with E-state index in [1.807, 2.05) is 0 Å². The highest BCUT2D eigenvalue weighted by molar-refractivity contribution is 6.20. The quantitative estimate of drug-likeness (QED) is 0.726. The Morgan fingerprint density at radius 3 is 2.71 bits per heavy atom. The standard InChI is InChI=1S/C15H17ClO/c1-17-10-9-14(16)11-13-7-4-6-12-5-2-3-8-15(12)13/h2-8,14H,9-11H2,1H3. The van der Waals surface area contributed by atoms with E-state index in [1.54, 1.807) is 7.11 Å². The zero-order chi connectivity index (χ0) is 12.1. The van der Waals surface area contributed by atoms with Gasteiger partial charge in [0.1, 0.15) is 0 Å². The number of fused-ring (bicyclic) bond motifs is 1. The van der Waals surface area contributed by atoms with Gasteiger partial charge in [-0.15, -0.1) is 11.6 Å². The zero-order valence-electron chi connectivity index (χ0n) is 10.0. The molecule has 0 aliphatic heterocycles. The van der Waals surface area contributed by atoms with E-state index in [4.69, 9.17) is 16.3 Å². The average Bonchev–Trinajstić information content (AvgIpc) is 2.37. The molecule has 0 heterocycles. The van der Waals surface area contributed by atoms with Gasteiger partial charge in [0, 0.05) is 19.1 Å². The van der Waals surface area contributed by atoms with Gasteiger partial charge in [0.05, 0.1) is 0 Å². The van der Waals surface area contributed by atoms with Gasteiger partial charge in [-0.3, -0.25) is 0 Å². The molecule has 0 bridgehead atoms. The third-order valence-electron chi connectivity index (χ3n) is 2.96. The van der Waals surface area contributed by atoms with Crippen molar-refractivity contribution in [1.82, 2.24) is 0 Å². The predicted octanol–water partition coefficient (Wildman–Crippen LogP) is 4.03. The summed E-state index contributed by atoms with van der Waals surface area (Å²) in [6, 6.07) is 14.8. The van der Waals surface area contributed by atoms with Crippen molar-refractivity contribution < 1.29 is 4.74 Å². The fourth-order valence-electron chi connectivity index (χ4n) is 2.06. The molecule has 0 radical (unpaired) electrons. The lowest BCUT2D eigenvalue weighted by Gasteiger charge is -2.11. The molecule has 90 valence electrons. The van der Waals surface area contributed by atoms with Crippen LogP contribution in [-0.2, 0) is 11.2 Å². The van der Waals surface area contributed by atoms with E-state index < -0.39 is 0 Å². The first kappa shape index (κ1) is 12.4. The zero-order valence-corrected chi connectivity index (χ0v) is 10.8. The van der Waals surface area contributed by atoms with Crippen molar-refractivity contribution in [3.63, 3.8) is 0 Å². The SMILES string of the molecule is COCCC(Cl)Cc1cccc2ccccc12. The van der Waals surface area contributed by atoms with Gasteiger partial charge in [0.15, 0.2) is 0 Å². The molecule has 1 atom stereocenters. The minimum atomic E-state index is 0.140. The number of halogens is 1. The van der Waals surface area contributed by atoms with Gasteiger partial charge in [-0.1, -0.05) is 42.5 Å². The molecule has 0 aromatic heterocycles. The summed E-state index contributed by atoms with van der Waals surface area (Å²) in [5.74, 6) is 0. The fraction of sp³-hybridized carbons (Fsp3) is 0.333. The summed E-state index contributed by atoms with van der Waals surface area (Å²) in [5, 5.41) is 2.72. The number of methoxy groups -OCH3 is 1. The van der Waals surface area contributed by atoms with Crippen molar-refractivity contribution in [1.29, 1.82) is 0 Å². The topological polar surface area (TPSA) is 9.23 Å². The Hall–Kier alpha value is -1.05. The molecule has 0 saturated heterocycles. The minimum Gasteiger partial charge on any atom is -0.385 e. The van der Waals surface area contributed by atoms with Crippen LogP contribution >= 0.6 is 11.6 Å². The molecular weight excluding hydrogens is 232 g/mol. The Kier molecular flexibility index (Phi) is 4.41. The number of rotatable bonds is 5. The number of ether oxygens (including phenoxy) is 1. The molecule has 1 unspecified atom stereocenters. The van der Waals surface area contributed by atoms with Gasteiger partial charge in [0.25, 0.3) is 0 Å². The molecule has 17 heavy (non-hydrogen) atoms. The average molecular weight is 249 g/mol. The summed E-state index contributed by atoms with van der Waals surface area (Å²) >= 11 is 6.31. The van der Waals surface area contributed by atoms with Crippen LogP contribution in [0.4, 0.5) is 0 Å². The van der Waals surface area contributed by atoms with Gasteiger partial charge >= 0.3 is 0 Å². The van der Waals surface area contributed by atoms with E-state index in [2.05, 4.69) is 42.5 Å². The molecule has 0 amide bonds. The molecule has 2 aromatic rings. The summed E-state index contributed by atoms with van der Waals surface area (Å²) in [7, 11) is 1.71. The maximum absolute atomic E-state index is 6.31. The van der Waals surface area contributed by atoms with Gasteiger partial charge < -0.3 is 4.74 Å². The normalized spacial score (nSPS) is 12.8. The molecule has 0 fully saturated rings. The Labute approximate surface area is 107 Å². The van der Waals surface area contributed by atoms with Crippen LogP contribution in [0.1, 0.15) is 12.0 Å².